The summed E-state index contributed by atoms with van der Waals surface area (Å²) >= 11 is 13.3. The summed E-state index contributed by atoms with van der Waals surface area (Å²) < 4.78 is 0. The Labute approximate surface area is 145 Å². The topological polar surface area (TPSA) is 78.6 Å². The van der Waals surface area contributed by atoms with Crippen LogP contribution in [0, 0.1) is 0 Å². The van der Waals surface area contributed by atoms with Gasteiger partial charge in [0.2, 0.25) is 5.13 Å². The Kier molecular flexibility index (Phi) is 4.47. The van der Waals surface area contributed by atoms with Gasteiger partial charge in [0.25, 0.3) is 0 Å². The van der Waals surface area contributed by atoms with Gasteiger partial charge in [-0.15, -0.1) is 10.2 Å². The van der Waals surface area contributed by atoms with Crippen molar-refractivity contribution < 1.29 is 10.2 Å². The molecule has 0 aliphatic rings. The van der Waals surface area contributed by atoms with E-state index in [1.165, 1.54) is 29.7 Å². The third kappa shape index (κ3) is 3.61. The fourth-order valence-electron chi connectivity index (χ4n) is 1.81. The maximum Gasteiger partial charge on any atom is 0.231 e. The highest BCUT2D eigenvalue weighted by Gasteiger charge is 2.10. The number of hydrogen-bond acceptors (Lipinski definition) is 6. The molecule has 0 fully saturated rings. The van der Waals surface area contributed by atoms with Gasteiger partial charge in [0.05, 0.1) is 5.02 Å². The molecule has 0 atom stereocenters. The number of aromatic nitrogens is 2. The second kappa shape index (κ2) is 6.54. The number of aliphatic imine (C=N–C) groups is 1. The number of aromatic hydroxyl groups is 2. The Balaban J connectivity index is 1.86. The van der Waals surface area contributed by atoms with Crippen molar-refractivity contribution in [2.75, 3.05) is 0 Å². The van der Waals surface area contributed by atoms with E-state index >= 15 is 0 Å². The average molecular weight is 366 g/mol. The summed E-state index contributed by atoms with van der Waals surface area (Å²) in [4.78, 5) is 4.17. The molecule has 0 unspecified atom stereocenters. The monoisotopic (exact) mass is 365 g/mol. The zero-order chi connectivity index (χ0) is 16.4. The number of nitrogens with zero attached hydrogens (tertiary/aromatic N) is 3. The maximum absolute atomic E-state index is 9.70. The molecule has 0 aliphatic heterocycles. The lowest BCUT2D eigenvalue weighted by molar-refractivity contribution is 0.450. The first-order valence-corrected chi connectivity index (χ1v) is 7.95. The standard InChI is InChI=1S/C15H9Cl2N3O2S/c16-9-2-4-11(12(17)5-9)14-19-20-15(23-14)18-7-8-1-3-10(21)6-13(8)22/h1-7,21-22H/b18-7+. The summed E-state index contributed by atoms with van der Waals surface area (Å²) in [6, 6.07) is 9.37. The maximum atomic E-state index is 9.70. The molecular weight excluding hydrogens is 357 g/mol. The highest BCUT2D eigenvalue weighted by atomic mass is 35.5. The molecule has 0 saturated carbocycles. The van der Waals surface area contributed by atoms with E-state index in [0.717, 1.165) is 5.56 Å². The first kappa shape index (κ1) is 15.7. The van der Waals surface area contributed by atoms with Crippen LogP contribution in [0.25, 0.3) is 10.6 Å². The lowest BCUT2D eigenvalue weighted by Gasteiger charge is -1.99. The van der Waals surface area contributed by atoms with Crippen molar-refractivity contribution in [2.45, 2.75) is 0 Å². The molecule has 3 aromatic rings. The van der Waals surface area contributed by atoms with Gasteiger partial charge in [-0.05, 0) is 30.3 Å². The molecule has 0 radical (unpaired) electrons. The van der Waals surface area contributed by atoms with Crippen LogP contribution in [0.5, 0.6) is 11.5 Å². The molecule has 2 aromatic carbocycles. The SMILES string of the molecule is Oc1ccc(/C=N/c2nnc(-c3ccc(Cl)cc3Cl)s2)c(O)c1. The molecule has 1 aromatic heterocycles. The Morgan fingerprint density at radius 3 is 2.61 bits per heavy atom. The summed E-state index contributed by atoms with van der Waals surface area (Å²) in [6.07, 6.45) is 1.45. The van der Waals surface area contributed by atoms with Crippen LogP contribution in [0.2, 0.25) is 10.0 Å². The lowest BCUT2D eigenvalue weighted by atomic mass is 10.2. The third-order valence-corrected chi connectivity index (χ3v) is 4.32. The number of rotatable bonds is 3. The Hall–Kier alpha value is -2.15. The number of phenolic OH excluding ortho intramolecular Hbond substituents is 2. The summed E-state index contributed by atoms with van der Waals surface area (Å²) in [5, 5.41) is 29.0. The molecule has 2 N–H and O–H groups in total. The highest BCUT2D eigenvalue weighted by molar-refractivity contribution is 7.18. The summed E-state index contributed by atoms with van der Waals surface area (Å²) in [5.41, 5.74) is 1.19. The molecule has 5 nitrogen and oxygen atoms in total. The van der Waals surface area contributed by atoms with Gasteiger partial charge in [-0.2, -0.15) is 0 Å². The van der Waals surface area contributed by atoms with E-state index in [9.17, 15) is 10.2 Å². The molecule has 0 bridgehead atoms. The van der Waals surface area contributed by atoms with Crippen molar-refractivity contribution in [3.05, 3.63) is 52.0 Å². The molecule has 3 rings (SSSR count). The molecule has 0 amide bonds. The third-order valence-electron chi connectivity index (χ3n) is 2.90. The van der Waals surface area contributed by atoms with Gasteiger partial charge in [-0.3, -0.25) is 0 Å². The van der Waals surface area contributed by atoms with E-state index in [4.69, 9.17) is 23.2 Å². The van der Waals surface area contributed by atoms with Crippen LogP contribution in [0.4, 0.5) is 5.13 Å². The molecule has 0 aliphatic carbocycles. The van der Waals surface area contributed by atoms with E-state index in [1.807, 2.05) is 0 Å². The van der Waals surface area contributed by atoms with Crippen LogP contribution in [0.15, 0.2) is 41.4 Å². The molecule has 0 spiro atoms. The Morgan fingerprint density at radius 2 is 1.87 bits per heavy atom. The first-order chi connectivity index (χ1) is 11.0. The molecule has 1 heterocycles. The number of phenols is 2. The molecular formula is C15H9Cl2N3O2S. The van der Waals surface area contributed by atoms with Gasteiger partial charge in [-0.25, -0.2) is 4.99 Å². The normalized spacial score (nSPS) is 11.2. The van der Waals surface area contributed by atoms with E-state index < -0.39 is 0 Å². The van der Waals surface area contributed by atoms with Gasteiger partial charge in [0, 0.05) is 28.4 Å². The second-order valence-corrected chi connectivity index (χ2v) is 6.31. The minimum absolute atomic E-state index is 0.0183. The highest BCUT2D eigenvalue weighted by Crippen LogP contribution is 2.34. The van der Waals surface area contributed by atoms with Crippen LogP contribution in [0.3, 0.4) is 0 Å². The molecule has 8 heteroatoms. The minimum atomic E-state index is -0.0702. The smallest absolute Gasteiger partial charge is 0.231 e. The van der Waals surface area contributed by atoms with Crippen LogP contribution >= 0.6 is 34.5 Å². The van der Waals surface area contributed by atoms with E-state index in [-0.39, 0.29) is 11.5 Å². The fourth-order valence-corrected chi connectivity index (χ4v) is 3.09. The second-order valence-electron chi connectivity index (χ2n) is 4.52. The summed E-state index contributed by atoms with van der Waals surface area (Å²) in [5.74, 6) is -0.0885. The molecule has 0 saturated heterocycles. The van der Waals surface area contributed by atoms with Gasteiger partial charge < -0.3 is 10.2 Å². The van der Waals surface area contributed by atoms with Gasteiger partial charge in [0.15, 0.2) is 5.01 Å². The van der Waals surface area contributed by atoms with E-state index in [2.05, 4.69) is 15.2 Å². The molecule has 23 heavy (non-hydrogen) atoms. The predicted molar refractivity (Wildman–Crippen MR) is 92.4 cm³/mol. The number of hydrogen-bond donors (Lipinski definition) is 2. The lowest BCUT2D eigenvalue weighted by Crippen LogP contribution is -1.81. The quantitative estimate of drug-likeness (QED) is 0.660. The summed E-state index contributed by atoms with van der Waals surface area (Å²) in [7, 11) is 0. The predicted octanol–water partition coefficient (Wildman–Crippen LogP) is 4.67. The van der Waals surface area contributed by atoms with Crippen LogP contribution in [-0.2, 0) is 0 Å². The average Bonchev–Trinajstić information content (AvgIpc) is 2.95. The zero-order valence-corrected chi connectivity index (χ0v) is 13.8. The Morgan fingerprint density at radius 1 is 1.04 bits per heavy atom. The van der Waals surface area contributed by atoms with Gasteiger partial charge in [-0.1, -0.05) is 34.5 Å². The first-order valence-electron chi connectivity index (χ1n) is 6.38. The van der Waals surface area contributed by atoms with Crippen molar-refractivity contribution in [3.8, 4) is 22.1 Å². The largest absolute Gasteiger partial charge is 0.508 e. The zero-order valence-electron chi connectivity index (χ0n) is 11.4. The van der Waals surface area contributed by atoms with Crippen LogP contribution in [0.1, 0.15) is 5.56 Å². The fraction of sp³-hybridized carbons (Fsp3) is 0. The van der Waals surface area contributed by atoms with E-state index in [0.29, 0.717) is 25.7 Å². The Bertz CT molecular complexity index is 896. The van der Waals surface area contributed by atoms with Crippen molar-refractivity contribution in [1.29, 1.82) is 0 Å². The van der Waals surface area contributed by atoms with E-state index in [1.54, 1.807) is 24.3 Å². The summed E-state index contributed by atoms with van der Waals surface area (Å²) in [6.45, 7) is 0. The van der Waals surface area contributed by atoms with Gasteiger partial charge >= 0.3 is 0 Å². The number of benzene rings is 2. The van der Waals surface area contributed by atoms with Crippen LogP contribution < -0.4 is 0 Å². The molecule has 116 valence electrons. The van der Waals surface area contributed by atoms with Crippen molar-refractivity contribution in [2.24, 2.45) is 4.99 Å². The minimum Gasteiger partial charge on any atom is -0.508 e. The van der Waals surface area contributed by atoms with Crippen LogP contribution in [-0.4, -0.2) is 26.6 Å². The van der Waals surface area contributed by atoms with Crippen molar-refractivity contribution in [1.82, 2.24) is 10.2 Å². The number of halogens is 2. The van der Waals surface area contributed by atoms with Crippen molar-refractivity contribution in [3.63, 3.8) is 0 Å². The van der Waals surface area contributed by atoms with Gasteiger partial charge in [0.1, 0.15) is 11.5 Å². The van der Waals surface area contributed by atoms with Crippen molar-refractivity contribution >= 4 is 45.9 Å².